The van der Waals surface area contributed by atoms with Crippen molar-refractivity contribution in [1.29, 1.82) is 0 Å². The van der Waals surface area contributed by atoms with Gasteiger partial charge in [-0.2, -0.15) is 10.2 Å². The Morgan fingerprint density at radius 2 is 2.11 bits per heavy atom. The number of hydrogen-bond acceptors (Lipinski definition) is 2. The van der Waals surface area contributed by atoms with E-state index in [0.717, 1.165) is 0 Å². The Kier molecular flexibility index (Phi) is 1.58. The fourth-order valence-electron chi connectivity index (χ4n) is 0.572. The van der Waals surface area contributed by atoms with Crippen molar-refractivity contribution in [3.63, 3.8) is 0 Å². The lowest BCUT2D eigenvalue weighted by Crippen LogP contribution is -2.09. The van der Waals surface area contributed by atoms with Gasteiger partial charge in [-0.15, -0.1) is 0 Å². The van der Waals surface area contributed by atoms with E-state index in [2.05, 4.69) is 31.0 Å². The number of aromatic nitrogens is 2. The van der Waals surface area contributed by atoms with E-state index in [4.69, 9.17) is 0 Å². The van der Waals surface area contributed by atoms with Crippen LogP contribution in [0.5, 0.6) is 0 Å². The van der Waals surface area contributed by atoms with E-state index < -0.39 is 0 Å². The molecule has 1 rings (SSSR count). The maximum absolute atomic E-state index is 4.01. The molecule has 0 saturated carbocycles. The second kappa shape index (κ2) is 2.11. The molecule has 0 spiro atoms. The average molecular weight is 142 g/mol. The highest BCUT2D eigenvalue weighted by molar-refractivity contribution is 7.29. The van der Waals surface area contributed by atoms with Crippen LogP contribution in [-0.2, 0) is 5.41 Å². The zero-order chi connectivity index (χ0) is 6.91. The fourth-order valence-corrected chi connectivity index (χ4v) is 1.36. The first-order valence-corrected chi connectivity index (χ1v) is 4.05. The van der Waals surface area contributed by atoms with Crippen molar-refractivity contribution in [2.24, 2.45) is 0 Å². The normalized spacial score (nSPS) is 12.8. The Bertz CT molecular complexity index is 173. The summed E-state index contributed by atoms with van der Waals surface area (Å²) in [5.74, 6) is 1.88. The molecule has 0 N–H and O–H groups in total. The third kappa shape index (κ3) is 1.52. The third-order valence-electron chi connectivity index (χ3n) is 1.13. The predicted octanol–water partition coefficient (Wildman–Crippen LogP) is 1.81. The van der Waals surface area contributed by atoms with E-state index in [1.165, 1.54) is 5.43 Å². The molecule has 0 aliphatic rings. The van der Waals surface area contributed by atoms with Gasteiger partial charge in [0.2, 0.25) is 0 Å². The molecular formula is C6H11N2P. The topological polar surface area (TPSA) is 25.8 Å². The lowest BCUT2D eigenvalue weighted by Gasteiger charge is -2.12. The van der Waals surface area contributed by atoms with Gasteiger partial charge >= 0.3 is 0 Å². The summed E-state index contributed by atoms with van der Waals surface area (Å²) in [5.41, 5.74) is 1.43. The van der Waals surface area contributed by atoms with Crippen molar-refractivity contribution in [1.82, 2.24) is 10.2 Å². The van der Waals surface area contributed by atoms with E-state index in [1.54, 1.807) is 0 Å². The molecule has 0 aliphatic carbocycles. The van der Waals surface area contributed by atoms with Gasteiger partial charge < -0.3 is 0 Å². The van der Waals surface area contributed by atoms with Crippen LogP contribution in [0, 0.1) is 0 Å². The maximum Gasteiger partial charge on any atom is 0.0856 e. The standard InChI is InChI=1S/C6H11N2P/c1-6(2,3)5-8-7-4-9-5/h4,9H,1-3H3. The van der Waals surface area contributed by atoms with Crippen LogP contribution in [0.4, 0.5) is 0 Å². The first-order chi connectivity index (χ1) is 4.11. The molecule has 1 aromatic rings. The summed E-state index contributed by atoms with van der Waals surface area (Å²) in [6.07, 6.45) is 0. The summed E-state index contributed by atoms with van der Waals surface area (Å²) in [5, 5.41) is 7.81. The second-order valence-electron chi connectivity index (χ2n) is 3.09. The highest BCUT2D eigenvalue weighted by Crippen LogP contribution is 2.25. The molecule has 0 fully saturated rings. The van der Waals surface area contributed by atoms with Gasteiger partial charge in [-0.25, -0.2) is 0 Å². The van der Waals surface area contributed by atoms with Crippen LogP contribution in [0.1, 0.15) is 26.2 Å². The maximum atomic E-state index is 4.01. The molecular weight excluding hydrogens is 131 g/mol. The van der Waals surface area contributed by atoms with Gasteiger partial charge in [-0.1, -0.05) is 29.0 Å². The summed E-state index contributed by atoms with van der Waals surface area (Å²) < 4.78 is 0. The Morgan fingerprint density at radius 3 is 2.33 bits per heavy atom. The Labute approximate surface area is 56.8 Å². The Balaban J connectivity index is 2.90. The minimum absolute atomic E-state index is 0.217. The van der Waals surface area contributed by atoms with Crippen molar-refractivity contribution in [3.8, 4) is 0 Å². The minimum atomic E-state index is 0.217. The van der Waals surface area contributed by atoms with E-state index >= 15 is 0 Å². The highest BCUT2D eigenvalue weighted by Gasteiger charge is 2.15. The summed E-state index contributed by atoms with van der Waals surface area (Å²) >= 11 is 0. The zero-order valence-corrected chi connectivity index (χ0v) is 6.97. The van der Waals surface area contributed by atoms with Gasteiger partial charge in [-0.05, 0) is 0 Å². The first kappa shape index (κ1) is 6.76. The fraction of sp³-hybridized carbons (Fsp3) is 0.667. The Morgan fingerprint density at radius 1 is 1.44 bits per heavy atom. The number of nitrogens with zero attached hydrogens (tertiary/aromatic N) is 2. The van der Waals surface area contributed by atoms with Gasteiger partial charge in [0.15, 0.2) is 0 Å². The molecule has 0 bridgehead atoms. The van der Waals surface area contributed by atoms with Gasteiger partial charge in [0, 0.05) is 5.41 Å². The molecule has 1 aromatic heterocycles. The lowest BCUT2D eigenvalue weighted by molar-refractivity contribution is 0.578. The molecule has 0 amide bonds. The van der Waals surface area contributed by atoms with Crippen LogP contribution in [-0.4, -0.2) is 10.2 Å². The van der Waals surface area contributed by atoms with Crippen LogP contribution in [0.2, 0.25) is 0 Å². The molecule has 0 radical (unpaired) electrons. The van der Waals surface area contributed by atoms with Crippen molar-refractivity contribution >= 4 is 8.19 Å². The number of rotatable bonds is 0. The molecule has 0 aliphatic heterocycles. The molecule has 50 valence electrons. The lowest BCUT2D eigenvalue weighted by atomic mass is 9.98. The summed E-state index contributed by atoms with van der Waals surface area (Å²) in [6.45, 7) is 6.48. The summed E-state index contributed by atoms with van der Waals surface area (Å²) in [6, 6.07) is 0. The van der Waals surface area contributed by atoms with E-state index in [9.17, 15) is 0 Å². The number of hydrogen-bond donors (Lipinski definition) is 0. The van der Waals surface area contributed by atoms with Crippen molar-refractivity contribution in [2.75, 3.05) is 0 Å². The van der Waals surface area contributed by atoms with Crippen molar-refractivity contribution in [3.05, 3.63) is 11.4 Å². The van der Waals surface area contributed by atoms with Crippen LogP contribution < -0.4 is 0 Å². The van der Waals surface area contributed by atoms with Crippen molar-refractivity contribution in [2.45, 2.75) is 26.2 Å². The first-order valence-electron chi connectivity index (χ1n) is 2.97. The molecule has 1 unspecified atom stereocenters. The van der Waals surface area contributed by atoms with Gasteiger partial charge in [0.1, 0.15) is 0 Å². The quantitative estimate of drug-likeness (QED) is 0.552. The summed E-state index contributed by atoms with van der Waals surface area (Å²) in [4.78, 5) is 0. The van der Waals surface area contributed by atoms with Crippen LogP contribution in [0.3, 0.4) is 0 Å². The second-order valence-corrected chi connectivity index (χ2v) is 4.11. The van der Waals surface area contributed by atoms with E-state index in [0.29, 0.717) is 8.19 Å². The Hall–Kier alpha value is -0.360. The predicted molar refractivity (Wildman–Crippen MR) is 40.2 cm³/mol. The molecule has 9 heavy (non-hydrogen) atoms. The minimum Gasteiger partial charge on any atom is -0.154 e. The molecule has 2 nitrogen and oxygen atoms in total. The summed E-state index contributed by atoms with van der Waals surface area (Å²) in [7, 11) is 0.709. The van der Waals surface area contributed by atoms with Crippen LogP contribution in [0.25, 0.3) is 0 Å². The molecule has 0 saturated heterocycles. The smallest absolute Gasteiger partial charge is 0.0856 e. The van der Waals surface area contributed by atoms with Gasteiger partial charge in [-0.3, -0.25) is 0 Å². The van der Waals surface area contributed by atoms with Gasteiger partial charge in [0.25, 0.3) is 0 Å². The molecule has 1 atom stereocenters. The third-order valence-corrected chi connectivity index (χ3v) is 2.50. The average Bonchev–Trinajstić information content (AvgIpc) is 2.08. The molecule has 1 heterocycles. The zero-order valence-electron chi connectivity index (χ0n) is 5.97. The SMILES string of the molecule is CC(C)(C)c1nnc[pH]1. The largest absolute Gasteiger partial charge is 0.154 e. The molecule has 3 heteroatoms. The van der Waals surface area contributed by atoms with Crippen molar-refractivity contribution < 1.29 is 0 Å². The van der Waals surface area contributed by atoms with E-state index in [-0.39, 0.29) is 5.41 Å². The molecule has 0 aromatic carbocycles. The van der Waals surface area contributed by atoms with Crippen LogP contribution >= 0.6 is 8.19 Å². The van der Waals surface area contributed by atoms with Crippen LogP contribution in [0.15, 0.2) is 5.93 Å². The van der Waals surface area contributed by atoms with Gasteiger partial charge in [0.05, 0.1) is 11.4 Å². The monoisotopic (exact) mass is 142 g/mol. The highest BCUT2D eigenvalue weighted by atomic mass is 31.0. The van der Waals surface area contributed by atoms with E-state index in [1.807, 2.05) is 5.93 Å².